The molecule has 0 aliphatic carbocycles. The lowest BCUT2D eigenvalue weighted by molar-refractivity contribution is 0.0949. The highest BCUT2D eigenvalue weighted by Gasteiger charge is 2.30. The van der Waals surface area contributed by atoms with Crippen molar-refractivity contribution in [1.82, 2.24) is 10.4 Å². The summed E-state index contributed by atoms with van der Waals surface area (Å²) < 4.78 is 16.2. The smallest absolute Gasteiger partial charge is 0.433 e. The second kappa shape index (κ2) is 8.94. The molecule has 0 bridgehead atoms. The Kier molecular flexibility index (Phi) is 6.16. The van der Waals surface area contributed by atoms with Crippen molar-refractivity contribution < 1.29 is 23.8 Å². The average molecular weight is 382 g/mol. The standard InChI is InChI=1S/C21H22N2O5/c1-3-26-20(24)22-23(21(25)27-4-2)17-14-19(15-10-6-5-7-11-15)28-18-13-9-8-12-16(17)18/h5-14,19H,3-4H2,1-2H3,(H,22,24)/t19-/m0/s1. The van der Waals surface area contributed by atoms with Gasteiger partial charge in [0.05, 0.1) is 18.9 Å². The van der Waals surface area contributed by atoms with Crippen molar-refractivity contribution in [2.24, 2.45) is 0 Å². The lowest BCUT2D eigenvalue weighted by Crippen LogP contribution is -2.46. The zero-order valence-electron chi connectivity index (χ0n) is 15.8. The summed E-state index contributed by atoms with van der Waals surface area (Å²) in [6, 6.07) is 16.9. The molecule has 7 heteroatoms. The molecule has 0 aromatic heterocycles. The number of hydrazine groups is 1. The third-order valence-electron chi connectivity index (χ3n) is 4.02. The van der Waals surface area contributed by atoms with Crippen molar-refractivity contribution in [1.29, 1.82) is 0 Å². The Morgan fingerprint density at radius 3 is 2.39 bits per heavy atom. The molecule has 2 amide bonds. The molecule has 7 nitrogen and oxygen atoms in total. The minimum atomic E-state index is -0.753. The van der Waals surface area contributed by atoms with E-state index < -0.39 is 18.3 Å². The van der Waals surface area contributed by atoms with Crippen molar-refractivity contribution in [3.63, 3.8) is 0 Å². The van der Waals surface area contributed by atoms with Gasteiger partial charge >= 0.3 is 12.2 Å². The number of nitrogens with one attached hydrogen (secondary N) is 1. The van der Waals surface area contributed by atoms with Crippen molar-refractivity contribution in [2.75, 3.05) is 13.2 Å². The number of nitrogens with zero attached hydrogens (tertiary/aromatic N) is 1. The Hall–Kier alpha value is -3.48. The fraction of sp³-hybridized carbons (Fsp3) is 0.238. The van der Waals surface area contributed by atoms with Crippen molar-refractivity contribution in [2.45, 2.75) is 20.0 Å². The zero-order valence-corrected chi connectivity index (χ0v) is 15.8. The van der Waals surface area contributed by atoms with Crippen LogP contribution in [0.5, 0.6) is 5.75 Å². The van der Waals surface area contributed by atoms with Crippen LogP contribution >= 0.6 is 0 Å². The summed E-state index contributed by atoms with van der Waals surface area (Å²) in [6.45, 7) is 3.71. The number of ether oxygens (including phenoxy) is 3. The van der Waals surface area contributed by atoms with Crippen LogP contribution in [-0.2, 0) is 9.47 Å². The Morgan fingerprint density at radius 2 is 1.68 bits per heavy atom. The van der Waals surface area contributed by atoms with Crippen LogP contribution in [0.4, 0.5) is 9.59 Å². The molecule has 146 valence electrons. The summed E-state index contributed by atoms with van der Waals surface area (Å²) >= 11 is 0. The highest BCUT2D eigenvalue weighted by atomic mass is 16.6. The summed E-state index contributed by atoms with van der Waals surface area (Å²) in [5.41, 5.74) is 4.47. The van der Waals surface area contributed by atoms with E-state index in [1.165, 1.54) is 0 Å². The van der Waals surface area contributed by atoms with Crippen molar-refractivity contribution in [3.8, 4) is 5.75 Å². The fourth-order valence-electron chi connectivity index (χ4n) is 2.83. The lowest BCUT2D eigenvalue weighted by atomic mass is 10.0. The van der Waals surface area contributed by atoms with Gasteiger partial charge in [0.1, 0.15) is 11.9 Å². The maximum Gasteiger partial charge on any atom is 0.433 e. The number of hydrogen-bond acceptors (Lipinski definition) is 5. The average Bonchev–Trinajstić information content (AvgIpc) is 2.72. The van der Waals surface area contributed by atoms with E-state index in [1.54, 1.807) is 26.0 Å². The molecule has 1 atom stereocenters. The van der Waals surface area contributed by atoms with Gasteiger partial charge in [0, 0.05) is 5.56 Å². The van der Waals surface area contributed by atoms with Gasteiger partial charge in [-0.25, -0.2) is 15.0 Å². The summed E-state index contributed by atoms with van der Waals surface area (Å²) in [7, 11) is 0. The van der Waals surface area contributed by atoms with Gasteiger partial charge in [-0.15, -0.1) is 0 Å². The van der Waals surface area contributed by atoms with E-state index in [0.29, 0.717) is 17.0 Å². The first-order valence-electron chi connectivity index (χ1n) is 9.07. The van der Waals surface area contributed by atoms with Gasteiger partial charge in [-0.2, -0.15) is 5.01 Å². The monoisotopic (exact) mass is 382 g/mol. The Morgan fingerprint density at radius 1 is 1.00 bits per heavy atom. The molecule has 0 spiro atoms. The van der Waals surface area contributed by atoms with Gasteiger partial charge in [0.2, 0.25) is 0 Å². The van der Waals surface area contributed by atoms with Crippen LogP contribution in [0.15, 0.2) is 60.7 Å². The van der Waals surface area contributed by atoms with E-state index in [2.05, 4.69) is 5.43 Å². The second-order valence-corrected chi connectivity index (χ2v) is 5.86. The Bertz CT molecular complexity index is 866. The highest BCUT2D eigenvalue weighted by molar-refractivity contribution is 5.86. The highest BCUT2D eigenvalue weighted by Crippen LogP contribution is 2.38. The number of hydrogen-bond donors (Lipinski definition) is 1. The zero-order chi connectivity index (χ0) is 19.9. The number of para-hydroxylation sites is 1. The molecular weight excluding hydrogens is 360 g/mol. The number of benzene rings is 2. The molecule has 2 aromatic carbocycles. The Labute approximate surface area is 163 Å². The molecule has 0 unspecified atom stereocenters. The van der Waals surface area contributed by atoms with Gasteiger partial charge in [0.15, 0.2) is 0 Å². The summed E-state index contributed by atoms with van der Waals surface area (Å²) in [5.74, 6) is 0.591. The van der Waals surface area contributed by atoms with Gasteiger partial charge in [-0.1, -0.05) is 42.5 Å². The molecule has 0 saturated carbocycles. The normalized spacial score (nSPS) is 14.8. The van der Waals surface area contributed by atoms with E-state index >= 15 is 0 Å². The maximum absolute atomic E-state index is 12.6. The topological polar surface area (TPSA) is 77.1 Å². The molecule has 0 saturated heterocycles. The van der Waals surface area contributed by atoms with Crippen LogP contribution in [-0.4, -0.2) is 30.4 Å². The molecule has 1 aliphatic rings. The maximum atomic E-state index is 12.6. The SMILES string of the molecule is CCOC(=O)NN(C(=O)OCC)C1=C[C@@H](c2ccccc2)Oc2ccccc21. The summed E-state index contributed by atoms with van der Waals surface area (Å²) in [5, 5.41) is 1.05. The molecule has 3 rings (SSSR count). The first-order valence-corrected chi connectivity index (χ1v) is 9.07. The first-order chi connectivity index (χ1) is 13.6. The van der Waals surface area contributed by atoms with Crippen molar-refractivity contribution in [3.05, 3.63) is 71.8 Å². The van der Waals surface area contributed by atoms with E-state index in [1.807, 2.05) is 48.5 Å². The van der Waals surface area contributed by atoms with Gasteiger partial charge in [-0.3, -0.25) is 0 Å². The van der Waals surface area contributed by atoms with Crippen LogP contribution in [0, 0.1) is 0 Å². The quantitative estimate of drug-likeness (QED) is 0.799. The van der Waals surface area contributed by atoms with E-state index in [4.69, 9.17) is 14.2 Å². The van der Waals surface area contributed by atoms with Crippen LogP contribution in [0.3, 0.4) is 0 Å². The molecule has 1 aliphatic heterocycles. The van der Waals surface area contributed by atoms with Gasteiger partial charge in [-0.05, 0) is 37.6 Å². The van der Waals surface area contributed by atoms with Crippen LogP contribution in [0.1, 0.15) is 31.1 Å². The summed E-state index contributed by atoms with van der Waals surface area (Å²) in [4.78, 5) is 24.6. The molecule has 0 fully saturated rings. The number of fused-ring (bicyclic) bond motifs is 1. The van der Waals surface area contributed by atoms with Gasteiger partial charge < -0.3 is 14.2 Å². The fourth-order valence-corrected chi connectivity index (χ4v) is 2.83. The van der Waals surface area contributed by atoms with Crippen LogP contribution in [0.2, 0.25) is 0 Å². The van der Waals surface area contributed by atoms with E-state index in [9.17, 15) is 9.59 Å². The summed E-state index contributed by atoms with van der Waals surface area (Å²) in [6.07, 6.45) is -0.144. The second-order valence-electron chi connectivity index (χ2n) is 5.86. The predicted molar refractivity (Wildman–Crippen MR) is 103 cm³/mol. The molecule has 1 N–H and O–H groups in total. The number of carbonyl (C=O) groups excluding carboxylic acids is 2. The van der Waals surface area contributed by atoms with Crippen LogP contribution < -0.4 is 10.2 Å². The number of rotatable bonds is 4. The van der Waals surface area contributed by atoms with E-state index in [0.717, 1.165) is 10.6 Å². The van der Waals surface area contributed by atoms with Crippen LogP contribution in [0.25, 0.3) is 5.70 Å². The molecular formula is C21H22N2O5. The lowest BCUT2D eigenvalue weighted by Gasteiger charge is -2.31. The Balaban J connectivity index is 2.04. The minimum Gasteiger partial charge on any atom is -0.481 e. The number of carbonyl (C=O) groups is 2. The van der Waals surface area contributed by atoms with Crippen molar-refractivity contribution >= 4 is 17.9 Å². The first kappa shape index (κ1) is 19.3. The third-order valence-corrected chi connectivity index (χ3v) is 4.02. The minimum absolute atomic E-state index is 0.160. The molecule has 28 heavy (non-hydrogen) atoms. The molecule has 2 aromatic rings. The largest absolute Gasteiger partial charge is 0.481 e. The predicted octanol–water partition coefficient (Wildman–Crippen LogP) is 4.28. The van der Waals surface area contributed by atoms with Gasteiger partial charge in [0.25, 0.3) is 0 Å². The third kappa shape index (κ3) is 4.25. The van der Waals surface area contributed by atoms with E-state index in [-0.39, 0.29) is 13.2 Å². The number of amides is 2. The molecule has 1 heterocycles. The molecule has 0 radical (unpaired) electrons.